The summed E-state index contributed by atoms with van der Waals surface area (Å²) in [4.78, 5) is 5.03. The van der Waals surface area contributed by atoms with Gasteiger partial charge in [0.2, 0.25) is 0 Å². The van der Waals surface area contributed by atoms with Gasteiger partial charge in [-0.2, -0.15) is 0 Å². The van der Waals surface area contributed by atoms with Crippen molar-refractivity contribution in [2.45, 2.75) is 6.92 Å². The summed E-state index contributed by atoms with van der Waals surface area (Å²) in [6.07, 6.45) is 0. The number of benzene rings is 1. The number of nitrogens with zero attached hydrogens (tertiary/aromatic N) is 2. The minimum atomic E-state index is 0.779. The van der Waals surface area contributed by atoms with Crippen LogP contribution in [-0.4, -0.2) is 68.8 Å². The van der Waals surface area contributed by atoms with E-state index < -0.39 is 0 Å². The lowest BCUT2D eigenvalue weighted by Gasteiger charge is -2.34. The molecule has 1 aliphatic rings. The van der Waals surface area contributed by atoms with E-state index in [1.54, 1.807) is 0 Å². The number of para-hydroxylation sites is 1. The van der Waals surface area contributed by atoms with Crippen molar-refractivity contribution >= 4 is 0 Å². The number of hydrogen-bond donors (Lipinski definition) is 1. The predicted octanol–water partition coefficient (Wildman–Crippen LogP) is 1.29. The number of hydrogen-bond acceptors (Lipinski definition) is 4. The quantitative estimate of drug-likeness (QED) is 0.725. The van der Waals surface area contributed by atoms with E-state index in [1.807, 2.05) is 30.3 Å². The molecule has 0 amide bonds. The summed E-state index contributed by atoms with van der Waals surface area (Å²) < 4.78 is 5.75. The van der Waals surface area contributed by atoms with E-state index in [2.05, 4.69) is 22.0 Å². The molecule has 2 rings (SSSR count). The fourth-order valence-electron chi connectivity index (χ4n) is 2.46. The van der Waals surface area contributed by atoms with Crippen molar-refractivity contribution in [1.82, 2.24) is 15.1 Å². The highest BCUT2D eigenvalue weighted by Crippen LogP contribution is 2.08. The standard InChI is InChI=1S/C16H27N3O/c1-2-17-8-9-18-10-12-19(13-11-18)14-15-20-16-6-4-3-5-7-16/h3-7,17H,2,8-15H2,1H3. The molecule has 4 heteroatoms. The summed E-state index contributed by atoms with van der Waals surface area (Å²) in [6.45, 7) is 12.0. The van der Waals surface area contributed by atoms with Gasteiger partial charge in [-0.25, -0.2) is 0 Å². The second-order valence-electron chi connectivity index (χ2n) is 5.20. The molecule has 1 aromatic rings. The number of piperazine rings is 1. The molecule has 0 atom stereocenters. The second kappa shape index (κ2) is 8.95. The molecule has 0 saturated carbocycles. The van der Waals surface area contributed by atoms with Crippen molar-refractivity contribution in [1.29, 1.82) is 0 Å². The van der Waals surface area contributed by atoms with E-state index in [9.17, 15) is 0 Å². The molecule has 4 nitrogen and oxygen atoms in total. The molecule has 0 aromatic heterocycles. The molecule has 1 N–H and O–H groups in total. The van der Waals surface area contributed by atoms with E-state index in [0.29, 0.717) is 0 Å². The minimum absolute atomic E-state index is 0.779. The van der Waals surface area contributed by atoms with Crippen LogP contribution in [0.5, 0.6) is 5.75 Å². The van der Waals surface area contributed by atoms with Crippen LogP contribution >= 0.6 is 0 Å². The lowest BCUT2D eigenvalue weighted by atomic mass is 10.3. The molecular weight excluding hydrogens is 250 g/mol. The maximum Gasteiger partial charge on any atom is 0.119 e. The van der Waals surface area contributed by atoms with Gasteiger partial charge in [0.25, 0.3) is 0 Å². The van der Waals surface area contributed by atoms with Crippen LogP contribution in [0, 0.1) is 0 Å². The first-order valence-electron chi connectivity index (χ1n) is 7.72. The van der Waals surface area contributed by atoms with Crippen LogP contribution in [0.1, 0.15) is 6.92 Å². The Morgan fingerprint density at radius 1 is 1.00 bits per heavy atom. The van der Waals surface area contributed by atoms with E-state index in [0.717, 1.165) is 45.1 Å². The third-order valence-electron chi connectivity index (χ3n) is 3.74. The van der Waals surface area contributed by atoms with Gasteiger partial charge in [-0.15, -0.1) is 0 Å². The number of rotatable bonds is 8. The lowest BCUT2D eigenvalue weighted by molar-refractivity contribution is 0.117. The molecule has 0 radical (unpaired) electrons. The summed E-state index contributed by atoms with van der Waals surface area (Å²) >= 11 is 0. The SMILES string of the molecule is CCNCCN1CCN(CCOc2ccccc2)CC1. The van der Waals surface area contributed by atoms with Crippen LogP contribution in [0.15, 0.2) is 30.3 Å². The number of likely N-dealkylation sites (N-methyl/N-ethyl adjacent to an activating group) is 1. The van der Waals surface area contributed by atoms with Crippen LogP contribution in [-0.2, 0) is 0 Å². The fourth-order valence-corrected chi connectivity index (χ4v) is 2.46. The maximum atomic E-state index is 5.75. The highest BCUT2D eigenvalue weighted by molar-refractivity contribution is 5.20. The average molecular weight is 277 g/mol. The molecule has 0 bridgehead atoms. The summed E-state index contributed by atoms with van der Waals surface area (Å²) in [5.74, 6) is 0.969. The van der Waals surface area contributed by atoms with Gasteiger partial charge in [-0.05, 0) is 18.7 Å². The van der Waals surface area contributed by atoms with E-state index in [-0.39, 0.29) is 0 Å². The van der Waals surface area contributed by atoms with Crippen LogP contribution < -0.4 is 10.1 Å². The summed E-state index contributed by atoms with van der Waals surface area (Å²) in [7, 11) is 0. The van der Waals surface area contributed by atoms with Crippen molar-refractivity contribution in [3.8, 4) is 5.75 Å². The van der Waals surface area contributed by atoms with Gasteiger partial charge in [0.1, 0.15) is 12.4 Å². The fraction of sp³-hybridized carbons (Fsp3) is 0.625. The molecule has 0 unspecified atom stereocenters. The zero-order valence-electron chi connectivity index (χ0n) is 12.6. The first kappa shape index (κ1) is 15.3. The van der Waals surface area contributed by atoms with Crippen molar-refractivity contribution < 1.29 is 4.74 Å². The molecule has 1 fully saturated rings. The predicted molar refractivity (Wildman–Crippen MR) is 83.4 cm³/mol. The first-order chi connectivity index (χ1) is 9.88. The van der Waals surface area contributed by atoms with Gasteiger partial charge >= 0.3 is 0 Å². The summed E-state index contributed by atoms with van der Waals surface area (Å²) in [6, 6.07) is 10.1. The normalized spacial score (nSPS) is 17.2. The molecule has 1 heterocycles. The van der Waals surface area contributed by atoms with Crippen LogP contribution in [0.2, 0.25) is 0 Å². The molecule has 1 aromatic carbocycles. The van der Waals surface area contributed by atoms with Gasteiger partial charge in [0, 0.05) is 45.8 Å². The zero-order valence-corrected chi connectivity index (χ0v) is 12.6. The van der Waals surface area contributed by atoms with Gasteiger partial charge in [-0.1, -0.05) is 25.1 Å². The van der Waals surface area contributed by atoms with Crippen molar-refractivity contribution in [2.75, 3.05) is 59.0 Å². The van der Waals surface area contributed by atoms with Crippen LogP contribution in [0.4, 0.5) is 0 Å². The smallest absolute Gasteiger partial charge is 0.119 e. The molecule has 0 aliphatic carbocycles. The summed E-state index contributed by atoms with van der Waals surface area (Å²) in [5, 5.41) is 3.38. The Labute approximate surface area is 122 Å². The largest absolute Gasteiger partial charge is 0.492 e. The average Bonchev–Trinajstić information content (AvgIpc) is 2.50. The third-order valence-corrected chi connectivity index (χ3v) is 3.74. The summed E-state index contributed by atoms with van der Waals surface area (Å²) in [5.41, 5.74) is 0. The number of nitrogens with one attached hydrogen (secondary N) is 1. The Hall–Kier alpha value is -1.10. The van der Waals surface area contributed by atoms with Gasteiger partial charge in [-0.3, -0.25) is 9.80 Å². The van der Waals surface area contributed by atoms with Crippen LogP contribution in [0.3, 0.4) is 0 Å². The Balaban J connectivity index is 1.55. The molecule has 0 spiro atoms. The van der Waals surface area contributed by atoms with E-state index in [4.69, 9.17) is 4.74 Å². The monoisotopic (exact) mass is 277 g/mol. The van der Waals surface area contributed by atoms with E-state index >= 15 is 0 Å². The Morgan fingerprint density at radius 2 is 1.65 bits per heavy atom. The van der Waals surface area contributed by atoms with Crippen molar-refractivity contribution in [2.24, 2.45) is 0 Å². The second-order valence-corrected chi connectivity index (χ2v) is 5.20. The maximum absolute atomic E-state index is 5.75. The van der Waals surface area contributed by atoms with Gasteiger partial charge in [0.05, 0.1) is 0 Å². The van der Waals surface area contributed by atoms with Gasteiger partial charge < -0.3 is 10.1 Å². The lowest BCUT2D eigenvalue weighted by Crippen LogP contribution is -2.48. The molecule has 112 valence electrons. The zero-order chi connectivity index (χ0) is 14.0. The molecular formula is C16H27N3O. The highest BCUT2D eigenvalue weighted by atomic mass is 16.5. The Morgan fingerprint density at radius 3 is 2.30 bits per heavy atom. The first-order valence-corrected chi connectivity index (χ1v) is 7.72. The Bertz CT molecular complexity index is 350. The highest BCUT2D eigenvalue weighted by Gasteiger charge is 2.15. The van der Waals surface area contributed by atoms with Gasteiger partial charge in [0.15, 0.2) is 0 Å². The minimum Gasteiger partial charge on any atom is -0.492 e. The van der Waals surface area contributed by atoms with Crippen molar-refractivity contribution in [3.63, 3.8) is 0 Å². The Kier molecular flexibility index (Phi) is 6.84. The number of ether oxygens (including phenoxy) is 1. The van der Waals surface area contributed by atoms with Crippen LogP contribution in [0.25, 0.3) is 0 Å². The third kappa shape index (κ3) is 5.49. The molecule has 20 heavy (non-hydrogen) atoms. The topological polar surface area (TPSA) is 27.7 Å². The molecule has 1 saturated heterocycles. The van der Waals surface area contributed by atoms with E-state index in [1.165, 1.54) is 19.6 Å². The van der Waals surface area contributed by atoms with Crippen molar-refractivity contribution in [3.05, 3.63) is 30.3 Å². The molecule has 1 aliphatic heterocycles.